The van der Waals surface area contributed by atoms with E-state index < -0.39 is 5.97 Å². The SMILES string of the molecule is Cc1cccc(-n2cnc(C)c2CC(=O)O)c1C. The van der Waals surface area contributed by atoms with Crippen molar-refractivity contribution in [3.05, 3.63) is 47.0 Å². The van der Waals surface area contributed by atoms with Crippen molar-refractivity contribution in [2.45, 2.75) is 27.2 Å². The van der Waals surface area contributed by atoms with Gasteiger partial charge in [-0.3, -0.25) is 4.79 Å². The fraction of sp³-hybridized carbons (Fsp3) is 0.286. The van der Waals surface area contributed by atoms with E-state index in [1.54, 1.807) is 6.33 Å². The molecule has 1 heterocycles. The zero-order valence-electron chi connectivity index (χ0n) is 10.8. The lowest BCUT2D eigenvalue weighted by molar-refractivity contribution is -0.136. The van der Waals surface area contributed by atoms with Gasteiger partial charge in [0.2, 0.25) is 0 Å². The molecule has 0 aliphatic heterocycles. The number of nitrogens with zero attached hydrogens (tertiary/aromatic N) is 2. The maximum atomic E-state index is 10.9. The normalized spacial score (nSPS) is 10.6. The molecule has 0 aliphatic rings. The van der Waals surface area contributed by atoms with Crippen LogP contribution in [0.5, 0.6) is 0 Å². The first kappa shape index (κ1) is 12.4. The summed E-state index contributed by atoms with van der Waals surface area (Å²) in [7, 11) is 0. The van der Waals surface area contributed by atoms with Gasteiger partial charge in [0, 0.05) is 5.69 Å². The number of hydrogen-bond acceptors (Lipinski definition) is 2. The van der Waals surface area contributed by atoms with Crippen LogP contribution in [0.1, 0.15) is 22.5 Å². The highest BCUT2D eigenvalue weighted by molar-refractivity contribution is 5.70. The predicted molar refractivity (Wildman–Crippen MR) is 69.1 cm³/mol. The third kappa shape index (κ3) is 2.14. The molecule has 1 aromatic carbocycles. The van der Waals surface area contributed by atoms with E-state index >= 15 is 0 Å². The molecule has 1 aromatic heterocycles. The quantitative estimate of drug-likeness (QED) is 0.902. The van der Waals surface area contributed by atoms with E-state index in [4.69, 9.17) is 5.11 Å². The molecule has 0 fully saturated rings. The molecule has 0 aliphatic carbocycles. The standard InChI is InChI=1S/C14H16N2O2/c1-9-5-4-6-12(10(9)2)16-8-15-11(3)13(16)7-14(17)18/h4-6,8H,7H2,1-3H3,(H,17,18). The highest BCUT2D eigenvalue weighted by Gasteiger charge is 2.14. The van der Waals surface area contributed by atoms with Crippen LogP contribution in [0.25, 0.3) is 5.69 Å². The van der Waals surface area contributed by atoms with Crippen LogP contribution in [-0.2, 0) is 11.2 Å². The van der Waals surface area contributed by atoms with E-state index in [1.165, 1.54) is 5.56 Å². The second-order valence-electron chi connectivity index (χ2n) is 4.44. The van der Waals surface area contributed by atoms with Crippen LogP contribution in [0.3, 0.4) is 0 Å². The number of aliphatic carboxylic acids is 1. The predicted octanol–water partition coefficient (Wildman–Crippen LogP) is 2.42. The number of imidazole rings is 1. The molecule has 0 unspecified atom stereocenters. The molecule has 0 saturated carbocycles. The molecule has 2 aromatic rings. The fourth-order valence-corrected chi connectivity index (χ4v) is 2.02. The summed E-state index contributed by atoms with van der Waals surface area (Å²) in [5.74, 6) is -0.842. The second-order valence-corrected chi connectivity index (χ2v) is 4.44. The molecule has 0 radical (unpaired) electrons. The van der Waals surface area contributed by atoms with Crippen LogP contribution < -0.4 is 0 Å². The molecule has 2 rings (SSSR count). The largest absolute Gasteiger partial charge is 0.481 e. The van der Waals surface area contributed by atoms with Crippen molar-refractivity contribution in [2.24, 2.45) is 0 Å². The highest BCUT2D eigenvalue weighted by Crippen LogP contribution is 2.21. The summed E-state index contributed by atoms with van der Waals surface area (Å²) in [5, 5.41) is 8.96. The van der Waals surface area contributed by atoms with Gasteiger partial charge in [0.25, 0.3) is 0 Å². The van der Waals surface area contributed by atoms with E-state index in [2.05, 4.69) is 4.98 Å². The van der Waals surface area contributed by atoms with Crippen LogP contribution in [0.15, 0.2) is 24.5 Å². The summed E-state index contributed by atoms with van der Waals surface area (Å²) in [6, 6.07) is 5.99. The topological polar surface area (TPSA) is 55.1 Å². The average Bonchev–Trinajstić information content (AvgIpc) is 2.64. The number of carbonyl (C=O) groups is 1. The van der Waals surface area contributed by atoms with E-state index in [1.807, 2.05) is 43.5 Å². The first-order valence-electron chi connectivity index (χ1n) is 5.82. The zero-order chi connectivity index (χ0) is 13.3. The second kappa shape index (κ2) is 4.64. The molecule has 0 saturated heterocycles. The minimum atomic E-state index is -0.842. The van der Waals surface area contributed by atoms with Crippen LogP contribution in [0.2, 0.25) is 0 Å². The molecule has 0 bridgehead atoms. The minimum absolute atomic E-state index is 0.0147. The molecule has 4 nitrogen and oxygen atoms in total. The van der Waals surface area contributed by atoms with Crippen LogP contribution in [-0.4, -0.2) is 20.6 Å². The third-order valence-electron chi connectivity index (χ3n) is 3.23. The van der Waals surface area contributed by atoms with Crippen LogP contribution in [0, 0.1) is 20.8 Å². The van der Waals surface area contributed by atoms with Gasteiger partial charge in [-0.2, -0.15) is 0 Å². The highest BCUT2D eigenvalue weighted by atomic mass is 16.4. The smallest absolute Gasteiger partial charge is 0.309 e. The van der Waals surface area contributed by atoms with E-state index in [9.17, 15) is 4.79 Å². The number of carboxylic acids is 1. The summed E-state index contributed by atoms with van der Waals surface area (Å²) in [6.07, 6.45) is 1.68. The monoisotopic (exact) mass is 244 g/mol. The first-order valence-corrected chi connectivity index (χ1v) is 5.82. The molecule has 0 amide bonds. The van der Waals surface area contributed by atoms with Gasteiger partial charge in [-0.05, 0) is 38.0 Å². The Labute approximate surface area is 106 Å². The number of carboxylic acid groups (broad SMARTS) is 1. The Balaban J connectivity index is 2.57. The summed E-state index contributed by atoms with van der Waals surface area (Å²) < 4.78 is 1.87. The van der Waals surface area contributed by atoms with Crippen molar-refractivity contribution in [1.29, 1.82) is 0 Å². The Morgan fingerprint density at radius 2 is 2.06 bits per heavy atom. The van der Waals surface area contributed by atoms with Crippen molar-refractivity contribution in [2.75, 3.05) is 0 Å². The maximum absolute atomic E-state index is 10.9. The third-order valence-corrected chi connectivity index (χ3v) is 3.23. The summed E-state index contributed by atoms with van der Waals surface area (Å²) in [5.41, 5.74) is 4.81. The van der Waals surface area contributed by atoms with Crippen molar-refractivity contribution in [1.82, 2.24) is 9.55 Å². The van der Waals surface area contributed by atoms with E-state index in [-0.39, 0.29) is 6.42 Å². The molecule has 0 atom stereocenters. The van der Waals surface area contributed by atoms with Gasteiger partial charge in [-0.1, -0.05) is 12.1 Å². The van der Waals surface area contributed by atoms with Gasteiger partial charge < -0.3 is 9.67 Å². The van der Waals surface area contributed by atoms with Gasteiger partial charge in [-0.25, -0.2) is 4.98 Å². The van der Waals surface area contributed by atoms with Gasteiger partial charge in [0.15, 0.2) is 0 Å². The Morgan fingerprint density at radius 1 is 1.33 bits per heavy atom. The summed E-state index contributed by atoms with van der Waals surface area (Å²) in [6.45, 7) is 5.91. The summed E-state index contributed by atoms with van der Waals surface area (Å²) in [4.78, 5) is 15.1. The lowest BCUT2D eigenvalue weighted by Gasteiger charge is -2.12. The average molecular weight is 244 g/mol. The fourth-order valence-electron chi connectivity index (χ4n) is 2.02. The van der Waals surface area contributed by atoms with Gasteiger partial charge >= 0.3 is 5.97 Å². The Hall–Kier alpha value is -2.10. The number of benzene rings is 1. The molecule has 1 N–H and O–H groups in total. The maximum Gasteiger partial charge on any atom is 0.309 e. The van der Waals surface area contributed by atoms with Gasteiger partial charge in [-0.15, -0.1) is 0 Å². The number of hydrogen-bond donors (Lipinski definition) is 1. The van der Waals surface area contributed by atoms with Gasteiger partial charge in [0.1, 0.15) is 0 Å². The molecule has 18 heavy (non-hydrogen) atoms. The van der Waals surface area contributed by atoms with Crippen molar-refractivity contribution in [3.63, 3.8) is 0 Å². The lowest BCUT2D eigenvalue weighted by Crippen LogP contribution is -2.08. The summed E-state index contributed by atoms with van der Waals surface area (Å²) >= 11 is 0. The molecule has 0 spiro atoms. The lowest BCUT2D eigenvalue weighted by atomic mass is 10.1. The van der Waals surface area contributed by atoms with Crippen molar-refractivity contribution in [3.8, 4) is 5.69 Å². The van der Waals surface area contributed by atoms with Crippen molar-refractivity contribution < 1.29 is 9.90 Å². The van der Waals surface area contributed by atoms with Crippen molar-refractivity contribution >= 4 is 5.97 Å². The molecule has 94 valence electrons. The number of aromatic nitrogens is 2. The Kier molecular flexibility index (Phi) is 3.19. The molecular formula is C14H16N2O2. The first-order chi connectivity index (χ1) is 8.50. The van der Waals surface area contributed by atoms with Crippen LogP contribution >= 0.6 is 0 Å². The van der Waals surface area contributed by atoms with E-state index in [0.29, 0.717) is 0 Å². The zero-order valence-corrected chi connectivity index (χ0v) is 10.8. The Bertz CT molecular complexity index is 600. The molecule has 4 heteroatoms. The van der Waals surface area contributed by atoms with Gasteiger partial charge in [0.05, 0.1) is 24.1 Å². The molecular weight excluding hydrogens is 228 g/mol. The number of rotatable bonds is 3. The van der Waals surface area contributed by atoms with Crippen LogP contribution in [0.4, 0.5) is 0 Å². The Morgan fingerprint density at radius 3 is 2.72 bits per heavy atom. The minimum Gasteiger partial charge on any atom is -0.481 e. The van der Waals surface area contributed by atoms with E-state index in [0.717, 1.165) is 22.6 Å². The number of aryl methyl sites for hydroxylation is 2.